The predicted molar refractivity (Wildman–Crippen MR) is 66.9 cm³/mol. The average Bonchev–Trinajstić information content (AvgIpc) is 2.81. The normalized spacial score (nSPS) is 11.4. The van der Waals surface area contributed by atoms with Gasteiger partial charge in [0.25, 0.3) is 10.0 Å². The zero-order valence-corrected chi connectivity index (χ0v) is 10.7. The summed E-state index contributed by atoms with van der Waals surface area (Å²) in [7, 11) is -3.79. The molecular formula is C11H10ClNO4S. The Bertz CT molecular complexity index is 633. The Morgan fingerprint density at radius 2 is 1.83 bits per heavy atom. The second-order valence-corrected chi connectivity index (χ2v) is 5.54. The van der Waals surface area contributed by atoms with Crippen molar-refractivity contribution in [2.75, 3.05) is 4.72 Å². The first-order valence-corrected chi connectivity index (χ1v) is 6.85. The molecule has 7 heteroatoms. The van der Waals surface area contributed by atoms with Gasteiger partial charge in [0.15, 0.2) is 0 Å². The van der Waals surface area contributed by atoms with Crippen molar-refractivity contribution >= 4 is 27.3 Å². The molecule has 0 fully saturated rings. The molecule has 0 bridgehead atoms. The molecule has 0 aliphatic heterocycles. The molecule has 1 heterocycles. The van der Waals surface area contributed by atoms with E-state index in [1.54, 1.807) is 12.1 Å². The van der Waals surface area contributed by atoms with Crippen LogP contribution < -0.4 is 4.72 Å². The largest absolute Gasteiger partial charge is 0.445 e. The van der Waals surface area contributed by atoms with Crippen LogP contribution in [0.25, 0.3) is 0 Å². The van der Waals surface area contributed by atoms with E-state index in [9.17, 15) is 8.42 Å². The maximum atomic E-state index is 11.9. The number of anilines is 1. The van der Waals surface area contributed by atoms with E-state index in [1.165, 1.54) is 24.3 Å². The van der Waals surface area contributed by atoms with Crippen LogP contribution in [0.1, 0.15) is 5.76 Å². The zero-order chi connectivity index (χ0) is 13.2. The molecule has 0 spiro atoms. The Morgan fingerprint density at radius 3 is 2.39 bits per heavy atom. The van der Waals surface area contributed by atoms with Gasteiger partial charge in [0.1, 0.15) is 12.4 Å². The summed E-state index contributed by atoms with van der Waals surface area (Å²) in [4.78, 5) is 0. The second-order valence-electron chi connectivity index (χ2n) is 3.49. The van der Waals surface area contributed by atoms with Gasteiger partial charge in [-0.3, -0.25) is 4.72 Å². The Balaban J connectivity index is 2.24. The van der Waals surface area contributed by atoms with Gasteiger partial charge in [0.05, 0.1) is 0 Å². The van der Waals surface area contributed by atoms with Crippen molar-refractivity contribution in [1.82, 2.24) is 0 Å². The third-order valence-corrected chi connectivity index (χ3v) is 3.66. The molecule has 0 radical (unpaired) electrons. The summed E-state index contributed by atoms with van der Waals surface area (Å²) >= 11 is 5.70. The quantitative estimate of drug-likeness (QED) is 0.904. The number of aliphatic hydroxyl groups is 1. The smallest absolute Gasteiger partial charge is 0.295 e. The van der Waals surface area contributed by atoms with Crippen LogP contribution in [-0.4, -0.2) is 13.5 Å². The Kier molecular flexibility index (Phi) is 3.60. The maximum Gasteiger partial charge on any atom is 0.295 e. The van der Waals surface area contributed by atoms with Crippen molar-refractivity contribution in [2.45, 2.75) is 11.7 Å². The topological polar surface area (TPSA) is 79.5 Å². The average molecular weight is 288 g/mol. The predicted octanol–water partition coefficient (Wildman–Crippen LogP) is 2.23. The van der Waals surface area contributed by atoms with E-state index >= 15 is 0 Å². The zero-order valence-electron chi connectivity index (χ0n) is 9.13. The number of hydrogen-bond donors (Lipinski definition) is 2. The monoisotopic (exact) mass is 287 g/mol. The molecule has 2 rings (SSSR count). The highest BCUT2D eigenvalue weighted by Gasteiger charge is 2.18. The van der Waals surface area contributed by atoms with Gasteiger partial charge in [-0.05, 0) is 36.4 Å². The van der Waals surface area contributed by atoms with Crippen molar-refractivity contribution < 1.29 is 17.9 Å². The summed E-state index contributed by atoms with van der Waals surface area (Å²) in [5, 5.41) is 9.08. The molecule has 0 amide bonds. The maximum absolute atomic E-state index is 11.9. The Hall–Kier alpha value is -1.50. The number of furan rings is 1. The summed E-state index contributed by atoms with van der Waals surface area (Å²) < 4.78 is 31.1. The lowest BCUT2D eigenvalue weighted by Gasteiger charge is -2.05. The molecular weight excluding hydrogens is 278 g/mol. The molecule has 0 saturated heterocycles. The lowest BCUT2D eigenvalue weighted by Crippen LogP contribution is -2.11. The van der Waals surface area contributed by atoms with Gasteiger partial charge >= 0.3 is 0 Å². The Labute approximate surface area is 109 Å². The highest BCUT2D eigenvalue weighted by Crippen LogP contribution is 2.20. The summed E-state index contributed by atoms with van der Waals surface area (Å²) in [5.41, 5.74) is 0.376. The van der Waals surface area contributed by atoms with Gasteiger partial charge < -0.3 is 9.52 Å². The molecule has 96 valence electrons. The van der Waals surface area contributed by atoms with E-state index in [2.05, 4.69) is 4.72 Å². The van der Waals surface area contributed by atoms with Crippen LogP contribution in [0.15, 0.2) is 45.9 Å². The number of aliphatic hydroxyl groups excluding tert-OH is 1. The molecule has 1 aromatic heterocycles. The Morgan fingerprint density at radius 1 is 1.17 bits per heavy atom. The van der Waals surface area contributed by atoms with E-state index in [1.807, 2.05) is 0 Å². The summed E-state index contributed by atoms with van der Waals surface area (Å²) in [6.45, 7) is -0.351. The number of rotatable bonds is 4. The fourth-order valence-corrected chi connectivity index (χ4v) is 2.45. The first-order chi connectivity index (χ1) is 8.51. The molecule has 2 N–H and O–H groups in total. The van der Waals surface area contributed by atoms with Crippen molar-refractivity contribution in [3.63, 3.8) is 0 Å². The molecule has 1 aromatic carbocycles. The van der Waals surface area contributed by atoms with Crippen molar-refractivity contribution in [3.05, 3.63) is 47.2 Å². The van der Waals surface area contributed by atoms with E-state index < -0.39 is 10.0 Å². The van der Waals surface area contributed by atoms with E-state index in [0.717, 1.165) is 0 Å². The van der Waals surface area contributed by atoms with E-state index in [-0.39, 0.29) is 17.5 Å². The minimum Gasteiger partial charge on any atom is -0.445 e. The lowest BCUT2D eigenvalue weighted by atomic mass is 10.3. The molecule has 2 aromatic rings. The number of hydrogen-bond acceptors (Lipinski definition) is 4. The van der Waals surface area contributed by atoms with Crippen LogP contribution in [-0.2, 0) is 16.6 Å². The second kappa shape index (κ2) is 5.01. The number of nitrogens with one attached hydrogen (secondary N) is 1. The van der Waals surface area contributed by atoms with Gasteiger partial charge in [-0.1, -0.05) is 11.6 Å². The minimum atomic E-state index is -3.79. The summed E-state index contributed by atoms with van der Waals surface area (Å²) in [6.07, 6.45) is 0. The van der Waals surface area contributed by atoms with E-state index in [0.29, 0.717) is 10.7 Å². The third kappa shape index (κ3) is 2.84. The number of halogens is 1. The first-order valence-electron chi connectivity index (χ1n) is 4.99. The van der Waals surface area contributed by atoms with Crippen LogP contribution in [0.4, 0.5) is 5.69 Å². The van der Waals surface area contributed by atoms with Gasteiger partial charge in [-0.25, -0.2) is 0 Å². The number of benzene rings is 1. The van der Waals surface area contributed by atoms with Gasteiger partial charge in [0, 0.05) is 10.7 Å². The molecule has 0 saturated carbocycles. The van der Waals surface area contributed by atoms with Crippen LogP contribution in [0.5, 0.6) is 0 Å². The summed E-state index contributed by atoms with van der Waals surface area (Å²) in [5.74, 6) is 0.187. The first kappa shape index (κ1) is 12.9. The van der Waals surface area contributed by atoms with Gasteiger partial charge in [-0.15, -0.1) is 0 Å². The van der Waals surface area contributed by atoms with E-state index in [4.69, 9.17) is 21.1 Å². The lowest BCUT2D eigenvalue weighted by molar-refractivity contribution is 0.236. The highest BCUT2D eigenvalue weighted by atomic mass is 35.5. The standard InChI is InChI=1S/C11H10ClNO4S/c12-8-1-3-9(4-2-8)13-18(15,16)11-6-5-10(7-14)17-11/h1-6,13-14H,7H2. The van der Waals surface area contributed by atoms with Crippen LogP contribution in [0.3, 0.4) is 0 Å². The SMILES string of the molecule is O=S(=O)(Nc1ccc(Cl)cc1)c1ccc(CO)o1. The molecule has 0 aliphatic carbocycles. The fourth-order valence-electron chi connectivity index (χ4n) is 1.31. The van der Waals surface area contributed by atoms with Crippen LogP contribution in [0.2, 0.25) is 5.02 Å². The minimum absolute atomic E-state index is 0.187. The third-order valence-electron chi connectivity index (χ3n) is 2.15. The van der Waals surface area contributed by atoms with Gasteiger partial charge in [0.2, 0.25) is 5.09 Å². The van der Waals surface area contributed by atoms with Crippen molar-refractivity contribution in [1.29, 1.82) is 0 Å². The molecule has 0 aliphatic rings. The summed E-state index contributed by atoms with van der Waals surface area (Å²) in [6, 6.07) is 8.90. The van der Waals surface area contributed by atoms with Crippen LogP contribution in [0, 0.1) is 0 Å². The molecule has 0 atom stereocenters. The highest BCUT2D eigenvalue weighted by molar-refractivity contribution is 7.92. The molecule has 5 nitrogen and oxygen atoms in total. The van der Waals surface area contributed by atoms with Crippen LogP contribution >= 0.6 is 11.6 Å². The number of sulfonamides is 1. The fraction of sp³-hybridized carbons (Fsp3) is 0.0909. The molecule has 18 heavy (non-hydrogen) atoms. The van der Waals surface area contributed by atoms with Gasteiger partial charge in [-0.2, -0.15) is 8.42 Å². The van der Waals surface area contributed by atoms with Crippen molar-refractivity contribution in [2.24, 2.45) is 0 Å². The molecule has 0 unspecified atom stereocenters. The van der Waals surface area contributed by atoms with Crippen molar-refractivity contribution in [3.8, 4) is 0 Å².